The van der Waals surface area contributed by atoms with Gasteiger partial charge in [-0.25, -0.2) is 18.4 Å². The summed E-state index contributed by atoms with van der Waals surface area (Å²) in [6.45, 7) is 0. The van der Waals surface area contributed by atoms with Gasteiger partial charge in [-0.1, -0.05) is 17.7 Å². The number of allylic oxidation sites excluding steroid dienone is 2. The van der Waals surface area contributed by atoms with E-state index >= 15 is 0 Å². The van der Waals surface area contributed by atoms with E-state index in [1.54, 1.807) is 18.5 Å². The number of nitrogens with one attached hydrogen (secondary N) is 1. The fourth-order valence-corrected chi connectivity index (χ4v) is 5.03. The zero-order chi connectivity index (χ0) is 19.1. The van der Waals surface area contributed by atoms with E-state index in [1.165, 1.54) is 29.4 Å². The minimum absolute atomic E-state index is 0.0239. The summed E-state index contributed by atoms with van der Waals surface area (Å²) in [7, 11) is -3.37. The predicted octanol–water partition coefficient (Wildman–Crippen LogP) is 3.34. The van der Waals surface area contributed by atoms with Gasteiger partial charge in [-0.05, 0) is 49.7 Å². The van der Waals surface area contributed by atoms with Crippen LogP contribution < -0.4 is 5.32 Å². The molecular weight excluding hydrogens is 382 g/mol. The van der Waals surface area contributed by atoms with E-state index in [1.807, 2.05) is 5.38 Å². The van der Waals surface area contributed by atoms with Gasteiger partial charge in [0.15, 0.2) is 20.0 Å². The van der Waals surface area contributed by atoms with E-state index in [2.05, 4.69) is 21.4 Å². The molecule has 0 saturated heterocycles. The van der Waals surface area contributed by atoms with E-state index in [9.17, 15) is 13.2 Å². The molecule has 1 fully saturated rings. The Hall–Kier alpha value is -2.06. The molecule has 0 aromatic carbocycles. The Labute approximate surface area is 162 Å². The molecule has 0 radical (unpaired) electrons. The third kappa shape index (κ3) is 3.43. The second-order valence-corrected chi connectivity index (χ2v) is 10.1. The number of hydrogen-bond acceptors (Lipinski definition) is 6. The fraction of sp³-hybridized carbons (Fsp3) is 0.421. The van der Waals surface area contributed by atoms with Crippen molar-refractivity contribution < 1.29 is 13.2 Å². The second kappa shape index (κ2) is 6.83. The van der Waals surface area contributed by atoms with Crippen LogP contribution in [0.1, 0.15) is 37.7 Å². The van der Waals surface area contributed by atoms with Crippen LogP contribution in [0.2, 0.25) is 0 Å². The zero-order valence-electron chi connectivity index (χ0n) is 15.0. The smallest absolute Gasteiger partial charge is 0.237 e. The van der Waals surface area contributed by atoms with Crippen molar-refractivity contribution in [2.24, 2.45) is 5.92 Å². The molecule has 2 aliphatic rings. The quantitative estimate of drug-likeness (QED) is 0.774. The zero-order valence-corrected chi connectivity index (χ0v) is 16.6. The van der Waals surface area contributed by atoms with Crippen molar-refractivity contribution in [3.05, 3.63) is 47.1 Å². The molecule has 2 unspecified atom stereocenters. The van der Waals surface area contributed by atoms with Gasteiger partial charge in [-0.15, -0.1) is 11.3 Å². The lowest BCUT2D eigenvalue weighted by atomic mass is 9.87. The highest BCUT2D eigenvalue weighted by Crippen LogP contribution is 2.59. The Morgan fingerprint density at radius 3 is 2.74 bits per heavy atom. The summed E-state index contributed by atoms with van der Waals surface area (Å²) in [6.07, 6.45) is 11.7. The molecule has 2 aliphatic carbocycles. The molecular formula is C19H21N3O3S2. The first-order chi connectivity index (χ1) is 12.9. The van der Waals surface area contributed by atoms with Gasteiger partial charge in [0.05, 0.1) is 5.41 Å². The molecule has 2 heterocycles. The summed E-state index contributed by atoms with van der Waals surface area (Å²) in [5.41, 5.74) is 1.40. The van der Waals surface area contributed by atoms with Crippen LogP contribution in [0.5, 0.6) is 0 Å². The number of hydrogen-bond donors (Lipinski definition) is 1. The van der Waals surface area contributed by atoms with Crippen molar-refractivity contribution >= 4 is 32.2 Å². The fourth-order valence-electron chi connectivity index (χ4n) is 3.95. The summed E-state index contributed by atoms with van der Waals surface area (Å²) in [5.74, 6) is 0.0477. The van der Waals surface area contributed by atoms with E-state index < -0.39 is 15.3 Å². The molecule has 4 rings (SSSR count). The molecule has 1 N–H and O–H groups in total. The average Bonchev–Trinajstić information content (AvgIpc) is 3.23. The molecule has 6 nitrogen and oxygen atoms in total. The molecule has 142 valence electrons. The van der Waals surface area contributed by atoms with E-state index in [0.29, 0.717) is 5.13 Å². The average molecular weight is 404 g/mol. The Balaban J connectivity index is 1.69. The largest absolute Gasteiger partial charge is 0.301 e. The van der Waals surface area contributed by atoms with Gasteiger partial charge in [0.1, 0.15) is 0 Å². The highest BCUT2D eigenvalue weighted by atomic mass is 32.2. The lowest BCUT2D eigenvalue weighted by Crippen LogP contribution is -2.30. The molecule has 2 aromatic heterocycles. The minimum Gasteiger partial charge on any atom is -0.301 e. The molecule has 1 saturated carbocycles. The van der Waals surface area contributed by atoms with Crippen LogP contribution in [0.3, 0.4) is 0 Å². The van der Waals surface area contributed by atoms with Gasteiger partial charge < -0.3 is 5.32 Å². The van der Waals surface area contributed by atoms with Gasteiger partial charge in [-0.2, -0.15) is 0 Å². The van der Waals surface area contributed by atoms with Crippen LogP contribution in [-0.4, -0.2) is 30.5 Å². The first-order valence-corrected chi connectivity index (χ1v) is 11.7. The number of carbonyl (C=O) groups excluding carboxylic acids is 1. The van der Waals surface area contributed by atoms with Crippen molar-refractivity contribution in [2.75, 3.05) is 11.6 Å². The SMILES string of the molecule is CS(=O)(=O)c1ccc(C2(C(=O)Nc3nccs3)CC2C2=CCCCC2)cn1. The number of pyridine rings is 1. The Kier molecular flexibility index (Phi) is 4.63. The Bertz CT molecular complexity index is 982. The maximum atomic E-state index is 13.2. The number of amides is 1. The molecule has 2 aromatic rings. The highest BCUT2D eigenvalue weighted by Gasteiger charge is 2.62. The number of sulfone groups is 1. The van der Waals surface area contributed by atoms with Crippen molar-refractivity contribution in [3.8, 4) is 0 Å². The third-order valence-corrected chi connectivity index (χ3v) is 7.11. The van der Waals surface area contributed by atoms with Crippen LogP contribution >= 0.6 is 11.3 Å². The normalized spacial score (nSPS) is 24.9. The second-order valence-electron chi connectivity index (χ2n) is 7.20. The number of thiazole rings is 1. The summed E-state index contributed by atoms with van der Waals surface area (Å²) >= 11 is 1.38. The molecule has 1 amide bonds. The molecule has 0 bridgehead atoms. The van der Waals surface area contributed by atoms with Crippen LogP contribution in [0.15, 0.2) is 46.6 Å². The van der Waals surface area contributed by atoms with E-state index in [-0.39, 0.29) is 16.9 Å². The lowest BCUT2D eigenvalue weighted by molar-refractivity contribution is -0.118. The van der Waals surface area contributed by atoms with Crippen molar-refractivity contribution in [3.63, 3.8) is 0 Å². The number of carbonyl (C=O) groups is 1. The van der Waals surface area contributed by atoms with Gasteiger partial charge in [0.2, 0.25) is 5.91 Å². The Morgan fingerprint density at radius 1 is 1.30 bits per heavy atom. The minimum atomic E-state index is -3.37. The maximum Gasteiger partial charge on any atom is 0.237 e. The lowest BCUT2D eigenvalue weighted by Gasteiger charge is -2.20. The summed E-state index contributed by atoms with van der Waals surface area (Å²) in [6, 6.07) is 3.22. The van der Waals surface area contributed by atoms with E-state index in [0.717, 1.165) is 37.5 Å². The van der Waals surface area contributed by atoms with Crippen molar-refractivity contribution in [2.45, 2.75) is 42.5 Å². The first kappa shape index (κ1) is 18.3. The molecule has 0 spiro atoms. The Morgan fingerprint density at radius 2 is 2.15 bits per heavy atom. The molecule has 0 aliphatic heterocycles. The number of aromatic nitrogens is 2. The van der Waals surface area contributed by atoms with E-state index in [4.69, 9.17) is 0 Å². The van der Waals surface area contributed by atoms with Crippen LogP contribution in [0.25, 0.3) is 0 Å². The van der Waals surface area contributed by atoms with Gasteiger partial charge in [0, 0.05) is 24.0 Å². The molecule has 8 heteroatoms. The monoisotopic (exact) mass is 403 g/mol. The topological polar surface area (TPSA) is 89.0 Å². The van der Waals surface area contributed by atoms with Crippen molar-refractivity contribution in [1.82, 2.24) is 9.97 Å². The van der Waals surface area contributed by atoms with Crippen LogP contribution in [-0.2, 0) is 20.0 Å². The van der Waals surface area contributed by atoms with Crippen molar-refractivity contribution in [1.29, 1.82) is 0 Å². The number of nitrogens with zero attached hydrogens (tertiary/aromatic N) is 2. The molecule has 27 heavy (non-hydrogen) atoms. The van der Waals surface area contributed by atoms with Gasteiger partial charge in [0.25, 0.3) is 0 Å². The summed E-state index contributed by atoms with van der Waals surface area (Å²) < 4.78 is 23.4. The number of rotatable bonds is 5. The summed E-state index contributed by atoms with van der Waals surface area (Å²) in [5, 5.41) is 5.35. The van der Waals surface area contributed by atoms with Gasteiger partial charge in [-0.3, -0.25) is 4.79 Å². The van der Waals surface area contributed by atoms with Crippen LogP contribution in [0, 0.1) is 5.92 Å². The highest BCUT2D eigenvalue weighted by molar-refractivity contribution is 7.90. The molecule has 2 atom stereocenters. The number of anilines is 1. The first-order valence-electron chi connectivity index (χ1n) is 8.98. The van der Waals surface area contributed by atoms with Crippen LogP contribution in [0.4, 0.5) is 5.13 Å². The summed E-state index contributed by atoms with van der Waals surface area (Å²) in [4.78, 5) is 21.5. The third-order valence-electron chi connectivity index (χ3n) is 5.42. The predicted molar refractivity (Wildman–Crippen MR) is 104 cm³/mol. The standard InChI is InChI=1S/C19H21N3O3S2/c1-27(24,25)16-8-7-14(12-21-16)19(17(23)22-18-20-9-10-26-18)11-15(19)13-5-3-2-4-6-13/h5,7-10,12,15H,2-4,6,11H2,1H3,(H,20,22,23). The maximum absolute atomic E-state index is 13.2. The van der Waals surface area contributed by atoms with Gasteiger partial charge >= 0.3 is 0 Å².